The molecule has 104 valence electrons. The number of ether oxygens (including phenoxy) is 1. The van der Waals surface area contributed by atoms with Crippen molar-refractivity contribution < 1.29 is 9.53 Å². The molecular formula is C13H19N3O3. The van der Waals surface area contributed by atoms with Gasteiger partial charge in [-0.2, -0.15) is 0 Å². The van der Waals surface area contributed by atoms with Crippen molar-refractivity contribution in [1.82, 2.24) is 9.97 Å². The first-order valence-electron chi connectivity index (χ1n) is 6.66. The summed E-state index contributed by atoms with van der Waals surface area (Å²) in [6.45, 7) is 4.92. The molecule has 1 aliphatic rings. The highest BCUT2D eigenvalue weighted by atomic mass is 16.5. The molecular weight excluding hydrogens is 246 g/mol. The number of H-pyrrole nitrogens is 1. The summed E-state index contributed by atoms with van der Waals surface area (Å²) in [4.78, 5) is 32.3. The maximum Gasteiger partial charge on any atom is 0.345 e. The van der Waals surface area contributed by atoms with E-state index in [4.69, 9.17) is 4.74 Å². The Morgan fingerprint density at radius 2 is 2.37 bits per heavy atom. The Morgan fingerprint density at radius 3 is 3.00 bits per heavy atom. The van der Waals surface area contributed by atoms with Crippen molar-refractivity contribution in [3.63, 3.8) is 0 Å². The summed E-state index contributed by atoms with van der Waals surface area (Å²) >= 11 is 0. The minimum atomic E-state index is -0.630. The second-order valence-corrected chi connectivity index (χ2v) is 4.71. The predicted molar refractivity (Wildman–Crippen MR) is 71.5 cm³/mol. The van der Waals surface area contributed by atoms with E-state index in [2.05, 4.69) is 21.8 Å². The number of hydrogen-bond donors (Lipinski definition) is 1. The first-order valence-corrected chi connectivity index (χ1v) is 6.66. The van der Waals surface area contributed by atoms with Crippen LogP contribution in [-0.4, -0.2) is 35.1 Å². The molecule has 19 heavy (non-hydrogen) atoms. The van der Waals surface area contributed by atoms with Crippen LogP contribution in [0.15, 0.2) is 11.0 Å². The Hall–Kier alpha value is -1.85. The van der Waals surface area contributed by atoms with Gasteiger partial charge in [0.15, 0.2) is 0 Å². The number of anilines is 1. The summed E-state index contributed by atoms with van der Waals surface area (Å²) < 4.78 is 4.80. The van der Waals surface area contributed by atoms with Crippen LogP contribution in [-0.2, 0) is 4.74 Å². The molecule has 0 radical (unpaired) electrons. The lowest BCUT2D eigenvalue weighted by Gasteiger charge is -2.33. The highest BCUT2D eigenvalue weighted by molar-refractivity contribution is 5.88. The summed E-state index contributed by atoms with van der Waals surface area (Å²) in [6, 6.07) is 0.352. The van der Waals surface area contributed by atoms with E-state index in [0.29, 0.717) is 12.0 Å². The van der Waals surface area contributed by atoms with Gasteiger partial charge < -0.3 is 9.64 Å². The van der Waals surface area contributed by atoms with Crippen LogP contribution in [0.5, 0.6) is 0 Å². The normalized spacial score (nSPS) is 19.3. The highest BCUT2D eigenvalue weighted by Crippen LogP contribution is 2.20. The summed E-state index contributed by atoms with van der Waals surface area (Å²) in [5.74, 6) is -0.0975. The lowest BCUT2D eigenvalue weighted by molar-refractivity contribution is 0.0523. The summed E-state index contributed by atoms with van der Waals surface area (Å²) in [5, 5.41) is 0. The Morgan fingerprint density at radius 1 is 1.58 bits per heavy atom. The number of carbonyl (C=O) groups excluding carboxylic acids is 1. The number of carbonyl (C=O) groups is 1. The third-order valence-electron chi connectivity index (χ3n) is 3.36. The van der Waals surface area contributed by atoms with E-state index >= 15 is 0 Å². The van der Waals surface area contributed by atoms with E-state index in [1.165, 1.54) is 12.6 Å². The number of nitrogens with one attached hydrogen (secondary N) is 1. The number of aromatic amines is 1. The number of hydrogen-bond acceptors (Lipinski definition) is 5. The molecule has 0 saturated carbocycles. The van der Waals surface area contributed by atoms with Gasteiger partial charge in [0, 0.05) is 12.6 Å². The lowest BCUT2D eigenvalue weighted by Crippen LogP contribution is -2.39. The van der Waals surface area contributed by atoms with E-state index in [1.807, 2.05) is 0 Å². The average molecular weight is 265 g/mol. The standard InChI is InChI=1S/C13H19N3O3/c1-3-19-12(18)10-8-14-13(15-11(10)17)16-7-5-4-6-9(16)2/h8-9H,3-7H2,1-2H3,(H,14,15,17)/t9-/m1/s1. The monoisotopic (exact) mass is 265 g/mol. The molecule has 0 aliphatic carbocycles. The number of esters is 1. The average Bonchev–Trinajstić information content (AvgIpc) is 2.39. The zero-order valence-corrected chi connectivity index (χ0v) is 11.3. The van der Waals surface area contributed by atoms with Crippen molar-refractivity contribution in [2.45, 2.75) is 39.2 Å². The minimum Gasteiger partial charge on any atom is -0.462 e. The molecule has 6 nitrogen and oxygen atoms in total. The van der Waals surface area contributed by atoms with Gasteiger partial charge in [0.1, 0.15) is 5.56 Å². The molecule has 1 aromatic rings. The van der Waals surface area contributed by atoms with Gasteiger partial charge in [-0.05, 0) is 33.1 Å². The molecule has 1 atom stereocenters. The van der Waals surface area contributed by atoms with Crippen LogP contribution >= 0.6 is 0 Å². The van der Waals surface area contributed by atoms with Gasteiger partial charge in [-0.1, -0.05) is 0 Å². The van der Waals surface area contributed by atoms with Crippen molar-refractivity contribution in [3.05, 3.63) is 22.1 Å². The molecule has 1 aromatic heterocycles. The van der Waals surface area contributed by atoms with Crippen LogP contribution in [0.1, 0.15) is 43.5 Å². The molecule has 2 rings (SSSR count). The van der Waals surface area contributed by atoms with E-state index in [-0.39, 0.29) is 12.2 Å². The number of aromatic nitrogens is 2. The topological polar surface area (TPSA) is 75.3 Å². The van der Waals surface area contributed by atoms with Crippen molar-refractivity contribution in [3.8, 4) is 0 Å². The first-order chi connectivity index (χ1) is 9.13. The van der Waals surface area contributed by atoms with Gasteiger partial charge in [-0.15, -0.1) is 0 Å². The second-order valence-electron chi connectivity index (χ2n) is 4.71. The molecule has 0 aromatic carbocycles. The summed E-state index contributed by atoms with van der Waals surface area (Å²) in [6.07, 6.45) is 4.67. The van der Waals surface area contributed by atoms with Crippen molar-refractivity contribution >= 4 is 11.9 Å². The molecule has 0 spiro atoms. The van der Waals surface area contributed by atoms with E-state index in [1.54, 1.807) is 6.92 Å². The Balaban J connectivity index is 2.23. The molecule has 1 N–H and O–H groups in total. The summed E-state index contributed by atoms with van der Waals surface area (Å²) in [7, 11) is 0. The number of rotatable bonds is 3. The quantitative estimate of drug-likeness (QED) is 0.834. The van der Waals surface area contributed by atoms with Gasteiger partial charge in [-0.3, -0.25) is 9.78 Å². The zero-order valence-electron chi connectivity index (χ0n) is 11.3. The molecule has 0 amide bonds. The van der Waals surface area contributed by atoms with Gasteiger partial charge in [0.05, 0.1) is 12.8 Å². The SMILES string of the molecule is CCOC(=O)c1cnc(N2CCCC[C@H]2C)[nH]c1=O. The predicted octanol–water partition coefficient (Wildman–Crippen LogP) is 1.33. The van der Waals surface area contributed by atoms with Gasteiger partial charge >= 0.3 is 5.97 Å². The maximum atomic E-state index is 11.9. The van der Waals surface area contributed by atoms with Gasteiger partial charge in [0.25, 0.3) is 5.56 Å². The maximum absolute atomic E-state index is 11.9. The second kappa shape index (κ2) is 5.86. The molecule has 6 heteroatoms. The van der Waals surface area contributed by atoms with Crippen LogP contribution in [0, 0.1) is 0 Å². The highest BCUT2D eigenvalue weighted by Gasteiger charge is 2.21. The largest absolute Gasteiger partial charge is 0.462 e. The smallest absolute Gasteiger partial charge is 0.345 e. The van der Waals surface area contributed by atoms with Crippen LogP contribution in [0.4, 0.5) is 5.95 Å². The number of piperidine rings is 1. The fourth-order valence-electron chi connectivity index (χ4n) is 2.30. The van der Waals surface area contributed by atoms with E-state index in [0.717, 1.165) is 19.4 Å². The van der Waals surface area contributed by atoms with Crippen molar-refractivity contribution in [2.24, 2.45) is 0 Å². The Kier molecular flexibility index (Phi) is 4.19. The minimum absolute atomic E-state index is 0.0461. The first kappa shape index (κ1) is 13.6. The third-order valence-corrected chi connectivity index (χ3v) is 3.36. The molecule has 0 unspecified atom stereocenters. The molecule has 2 heterocycles. The summed E-state index contributed by atoms with van der Waals surface area (Å²) in [5.41, 5.74) is -0.489. The molecule has 1 saturated heterocycles. The van der Waals surface area contributed by atoms with Crippen LogP contribution in [0.25, 0.3) is 0 Å². The third kappa shape index (κ3) is 2.94. The van der Waals surface area contributed by atoms with Crippen LogP contribution in [0.2, 0.25) is 0 Å². The fourth-order valence-corrected chi connectivity index (χ4v) is 2.30. The van der Waals surface area contributed by atoms with Gasteiger partial charge in [0.2, 0.25) is 5.95 Å². The van der Waals surface area contributed by atoms with Crippen molar-refractivity contribution in [1.29, 1.82) is 0 Å². The number of nitrogens with zero attached hydrogens (tertiary/aromatic N) is 2. The lowest BCUT2D eigenvalue weighted by atomic mass is 10.0. The molecule has 0 bridgehead atoms. The van der Waals surface area contributed by atoms with E-state index < -0.39 is 11.5 Å². The molecule has 1 fully saturated rings. The van der Waals surface area contributed by atoms with Crippen molar-refractivity contribution in [2.75, 3.05) is 18.1 Å². The Labute approximate surface area is 111 Å². The fraction of sp³-hybridized carbons (Fsp3) is 0.615. The van der Waals surface area contributed by atoms with Crippen LogP contribution < -0.4 is 10.5 Å². The zero-order chi connectivity index (χ0) is 13.8. The Bertz CT molecular complexity index is 512. The van der Waals surface area contributed by atoms with Gasteiger partial charge in [-0.25, -0.2) is 9.78 Å². The molecule has 1 aliphatic heterocycles. The van der Waals surface area contributed by atoms with E-state index in [9.17, 15) is 9.59 Å². The van der Waals surface area contributed by atoms with Crippen LogP contribution in [0.3, 0.4) is 0 Å².